The van der Waals surface area contributed by atoms with Crippen molar-refractivity contribution >= 4 is 43.4 Å². The van der Waals surface area contributed by atoms with Crippen LogP contribution >= 0.6 is 11.3 Å². The molecule has 7 rings (SSSR count). The summed E-state index contributed by atoms with van der Waals surface area (Å²) in [7, 11) is 0. The molecule has 0 spiro atoms. The summed E-state index contributed by atoms with van der Waals surface area (Å²) in [5.41, 5.74) is 3.03. The van der Waals surface area contributed by atoms with Crippen LogP contribution < -0.4 is 15.2 Å². The Hall–Kier alpha value is -4.62. The SMILES string of the molecule is C=CC(=O)N1CCC(Oc2nc(OCC34CCCN3CC(F)C4)nc3nc(-c4ccc(F)c5sc(N)c(C#N)c45)c(C(F)(F)F)cc23)C1. The van der Waals surface area contributed by atoms with E-state index in [0.717, 1.165) is 42.0 Å². The minimum absolute atomic E-state index is 0.0369. The second-order valence-electron chi connectivity index (χ2n) is 12.2. The molecule has 3 aromatic heterocycles. The molecule has 0 aliphatic carbocycles. The standard InChI is InChI=1S/C32H28F5N7O3S/c1-2-23(45)43-9-6-17(14-43)47-29-19-10-21(32(35,36)37)25(18-4-5-22(34)26-24(18)20(12-38)27(39)48-26)40-28(19)41-30(42-29)46-15-31-7-3-8-44(31)13-16(33)11-31/h2,4-5,10,16-17H,1,3,6-9,11,13-15,39H2. The summed E-state index contributed by atoms with van der Waals surface area (Å²) in [6.45, 7) is 5.01. The van der Waals surface area contributed by atoms with Crippen molar-refractivity contribution in [1.82, 2.24) is 24.8 Å². The van der Waals surface area contributed by atoms with E-state index in [2.05, 4.69) is 21.5 Å². The molecule has 0 radical (unpaired) electrons. The summed E-state index contributed by atoms with van der Waals surface area (Å²) in [4.78, 5) is 28.8. The monoisotopic (exact) mass is 685 g/mol. The van der Waals surface area contributed by atoms with Gasteiger partial charge in [-0.05, 0) is 43.7 Å². The Labute approximate surface area is 274 Å². The number of pyridine rings is 1. The predicted molar refractivity (Wildman–Crippen MR) is 167 cm³/mol. The summed E-state index contributed by atoms with van der Waals surface area (Å²) >= 11 is 0.749. The number of thiophene rings is 1. The number of nitrogen functional groups attached to an aromatic ring is 1. The number of ether oxygens (including phenoxy) is 2. The van der Waals surface area contributed by atoms with Gasteiger partial charge in [-0.15, -0.1) is 11.3 Å². The average Bonchev–Trinajstić information content (AvgIpc) is 3.81. The van der Waals surface area contributed by atoms with Gasteiger partial charge in [-0.2, -0.15) is 28.4 Å². The lowest BCUT2D eigenvalue weighted by molar-refractivity contribution is -0.137. The number of hydrogen-bond donors (Lipinski definition) is 1. The number of likely N-dealkylation sites (tertiary alicyclic amines) is 1. The van der Waals surface area contributed by atoms with Crippen molar-refractivity contribution in [3.8, 4) is 29.2 Å². The van der Waals surface area contributed by atoms with Crippen LogP contribution in [-0.4, -0.2) is 81.3 Å². The highest BCUT2D eigenvalue weighted by Gasteiger charge is 2.49. The number of nitrogens with zero attached hydrogens (tertiary/aromatic N) is 6. The molecule has 48 heavy (non-hydrogen) atoms. The van der Waals surface area contributed by atoms with Gasteiger partial charge in [0.15, 0.2) is 5.65 Å². The van der Waals surface area contributed by atoms with Gasteiger partial charge in [0.05, 0.1) is 39.0 Å². The van der Waals surface area contributed by atoms with Crippen LogP contribution in [0.15, 0.2) is 30.9 Å². The first-order valence-electron chi connectivity index (χ1n) is 15.2. The largest absolute Gasteiger partial charge is 0.472 e. The second kappa shape index (κ2) is 11.8. The van der Waals surface area contributed by atoms with E-state index >= 15 is 0 Å². The van der Waals surface area contributed by atoms with Gasteiger partial charge in [0.1, 0.15) is 35.8 Å². The van der Waals surface area contributed by atoms with Gasteiger partial charge in [-0.1, -0.05) is 6.58 Å². The zero-order valence-corrected chi connectivity index (χ0v) is 26.1. The molecular weight excluding hydrogens is 657 g/mol. The molecule has 3 aliphatic rings. The van der Waals surface area contributed by atoms with Gasteiger partial charge in [0, 0.05) is 36.9 Å². The molecule has 10 nitrogen and oxygen atoms in total. The summed E-state index contributed by atoms with van der Waals surface area (Å²) < 4.78 is 85.7. The fraction of sp³-hybridized carbons (Fsp3) is 0.406. The summed E-state index contributed by atoms with van der Waals surface area (Å²) in [6, 6.07) is 4.55. The molecule has 16 heteroatoms. The molecule has 3 atom stereocenters. The van der Waals surface area contributed by atoms with Gasteiger partial charge in [-0.25, -0.2) is 13.8 Å². The van der Waals surface area contributed by atoms with E-state index in [4.69, 9.17) is 15.2 Å². The highest BCUT2D eigenvalue weighted by molar-refractivity contribution is 7.23. The van der Waals surface area contributed by atoms with Gasteiger partial charge >= 0.3 is 12.2 Å². The zero-order valence-electron chi connectivity index (χ0n) is 25.3. The fourth-order valence-corrected chi connectivity index (χ4v) is 7.99. The molecule has 250 valence electrons. The van der Waals surface area contributed by atoms with Crippen LogP contribution in [0, 0.1) is 17.1 Å². The number of nitrogens with two attached hydrogens (primary N) is 1. The lowest BCUT2D eigenvalue weighted by atomic mass is 9.95. The molecule has 6 heterocycles. The Morgan fingerprint density at radius 2 is 2.06 bits per heavy atom. The van der Waals surface area contributed by atoms with Crippen LogP contribution in [-0.2, 0) is 11.0 Å². The molecule has 3 fully saturated rings. The smallest absolute Gasteiger partial charge is 0.418 e. The number of alkyl halides is 4. The van der Waals surface area contributed by atoms with Crippen molar-refractivity contribution in [3.05, 3.63) is 47.8 Å². The number of amides is 1. The van der Waals surface area contributed by atoms with E-state index in [1.54, 1.807) is 0 Å². The lowest BCUT2D eigenvalue weighted by Crippen LogP contribution is -2.43. The summed E-state index contributed by atoms with van der Waals surface area (Å²) in [5.74, 6) is -1.31. The van der Waals surface area contributed by atoms with Gasteiger partial charge in [0.25, 0.3) is 0 Å². The molecule has 3 saturated heterocycles. The minimum Gasteiger partial charge on any atom is -0.472 e. The van der Waals surface area contributed by atoms with E-state index in [1.807, 2.05) is 11.0 Å². The number of carbonyl (C=O) groups excluding carboxylic acids is 1. The van der Waals surface area contributed by atoms with Gasteiger partial charge in [0.2, 0.25) is 11.8 Å². The second-order valence-corrected chi connectivity index (χ2v) is 13.3. The first-order chi connectivity index (χ1) is 22.9. The average molecular weight is 686 g/mol. The molecule has 4 aromatic rings. The molecule has 3 aliphatic heterocycles. The number of anilines is 1. The Morgan fingerprint density at radius 1 is 1.25 bits per heavy atom. The molecule has 1 aromatic carbocycles. The van der Waals surface area contributed by atoms with E-state index in [0.29, 0.717) is 25.9 Å². The van der Waals surface area contributed by atoms with Gasteiger partial charge < -0.3 is 20.1 Å². The van der Waals surface area contributed by atoms with Crippen LogP contribution in [0.25, 0.3) is 32.4 Å². The Kier molecular flexibility index (Phi) is 7.86. The summed E-state index contributed by atoms with van der Waals surface area (Å²) in [6.07, 6.45) is -3.24. The van der Waals surface area contributed by atoms with Crippen LogP contribution in [0.5, 0.6) is 11.9 Å². The topological polar surface area (TPSA) is 130 Å². The predicted octanol–water partition coefficient (Wildman–Crippen LogP) is 5.64. The maximum atomic E-state index is 14.8. The van der Waals surface area contributed by atoms with Crippen LogP contribution in [0.3, 0.4) is 0 Å². The number of nitriles is 1. The number of halogens is 5. The van der Waals surface area contributed by atoms with E-state index in [-0.39, 0.29) is 81.2 Å². The molecule has 0 bridgehead atoms. The Morgan fingerprint density at radius 3 is 2.81 bits per heavy atom. The highest BCUT2D eigenvalue weighted by atomic mass is 32.1. The number of rotatable bonds is 7. The third-order valence-electron chi connectivity index (χ3n) is 9.26. The van der Waals surface area contributed by atoms with Gasteiger partial charge in [-0.3, -0.25) is 9.69 Å². The van der Waals surface area contributed by atoms with E-state index < -0.39 is 41.1 Å². The molecule has 0 saturated carbocycles. The molecule has 1 amide bonds. The van der Waals surface area contributed by atoms with Crippen LogP contribution in [0.1, 0.15) is 36.8 Å². The number of aromatic nitrogens is 3. The quantitative estimate of drug-likeness (QED) is 0.194. The minimum atomic E-state index is -4.96. The zero-order chi connectivity index (χ0) is 34.0. The maximum absolute atomic E-state index is 14.8. The van der Waals surface area contributed by atoms with Crippen molar-refractivity contribution in [2.24, 2.45) is 0 Å². The van der Waals surface area contributed by atoms with Crippen molar-refractivity contribution in [1.29, 1.82) is 5.26 Å². The Bertz CT molecular complexity index is 2010. The van der Waals surface area contributed by atoms with Crippen LogP contribution in [0.4, 0.5) is 27.0 Å². The molecule has 3 unspecified atom stereocenters. The van der Waals surface area contributed by atoms with Crippen molar-refractivity contribution < 1.29 is 36.2 Å². The maximum Gasteiger partial charge on any atom is 0.418 e. The van der Waals surface area contributed by atoms with E-state index in [1.165, 1.54) is 4.90 Å². The third kappa shape index (κ3) is 5.44. The highest BCUT2D eigenvalue weighted by Crippen LogP contribution is 2.46. The lowest BCUT2D eigenvalue weighted by Gasteiger charge is -2.30. The number of hydrogen-bond acceptors (Lipinski definition) is 10. The third-order valence-corrected chi connectivity index (χ3v) is 10.3. The van der Waals surface area contributed by atoms with Crippen molar-refractivity contribution in [2.75, 3.05) is 38.5 Å². The fourth-order valence-electron chi connectivity index (χ4n) is 7.04. The van der Waals surface area contributed by atoms with Crippen molar-refractivity contribution in [3.63, 3.8) is 0 Å². The number of fused-ring (bicyclic) bond motifs is 3. The first kappa shape index (κ1) is 32.0. The van der Waals surface area contributed by atoms with E-state index in [9.17, 15) is 32.0 Å². The summed E-state index contributed by atoms with van der Waals surface area (Å²) in [5, 5.41) is 9.45. The normalized spacial score (nSPS) is 22.7. The Balaban J connectivity index is 1.37. The molecule has 2 N–H and O–H groups in total. The van der Waals surface area contributed by atoms with Crippen LogP contribution in [0.2, 0.25) is 0 Å². The van der Waals surface area contributed by atoms with Crippen molar-refractivity contribution in [2.45, 2.75) is 49.7 Å². The number of benzene rings is 1. The first-order valence-corrected chi connectivity index (χ1v) is 16.0. The number of carbonyl (C=O) groups is 1. The molecular formula is C32H28F5N7O3S.